The quantitative estimate of drug-likeness (QED) is 0.867. The Labute approximate surface area is 100.0 Å². The minimum absolute atomic E-state index is 0.203. The van der Waals surface area contributed by atoms with E-state index >= 15 is 0 Å². The average Bonchev–Trinajstić information content (AvgIpc) is 2.72. The molecule has 94 valence electrons. The van der Waals surface area contributed by atoms with Crippen molar-refractivity contribution in [3.8, 4) is 0 Å². The van der Waals surface area contributed by atoms with Crippen LogP contribution in [0.5, 0.6) is 0 Å². The molecule has 0 aliphatic carbocycles. The number of carbonyl (C=O) groups is 1. The Morgan fingerprint density at radius 1 is 1.59 bits per heavy atom. The van der Waals surface area contributed by atoms with E-state index in [2.05, 4.69) is 11.8 Å². The zero-order valence-electron chi connectivity index (χ0n) is 10.0. The fourth-order valence-electron chi connectivity index (χ4n) is 1.97. The lowest BCUT2D eigenvalue weighted by Crippen LogP contribution is -2.46. The fourth-order valence-corrected chi connectivity index (χ4v) is 1.97. The molecule has 2 heterocycles. The van der Waals surface area contributed by atoms with Crippen LogP contribution in [0.25, 0.3) is 0 Å². The van der Waals surface area contributed by atoms with Crippen LogP contribution in [0.15, 0.2) is 16.7 Å². The zero-order valence-corrected chi connectivity index (χ0v) is 10.0. The second-order valence-corrected chi connectivity index (χ2v) is 4.53. The van der Waals surface area contributed by atoms with E-state index in [1.807, 2.05) is 6.92 Å². The molecule has 2 unspecified atom stereocenters. The Hall–Kier alpha value is -1.33. The van der Waals surface area contributed by atoms with Crippen LogP contribution in [0.4, 0.5) is 0 Å². The number of aromatic carboxylic acids is 1. The van der Waals surface area contributed by atoms with Crippen LogP contribution >= 0.6 is 0 Å². The van der Waals surface area contributed by atoms with E-state index in [-0.39, 0.29) is 11.7 Å². The molecule has 0 spiro atoms. The zero-order chi connectivity index (χ0) is 12.4. The van der Waals surface area contributed by atoms with Crippen LogP contribution in [0.2, 0.25) is 0 Å². The molecular formula is C12H17NO4. The third-order valence-electron chi connectivity index (χ3n) is 3.00. The average molecular weight is 239 g/mol. The lowest BCUT2D eigenvalue weighted by Gasteiger charge is -2.36. The number of rotatable bonds is 3. The van der Waals surface area contributed by atoms with Gasteiger partial charge in [-0.15, -0.1) is 0 Å². The van der Waals surface area contributed by atoms with Crippen LogP contribution in [0.3, 0.4) is 0 Å². The van der Waals surface area contributed by atoms with E-state index in [0.717, 1.165) is 6.54 Å². The minimum Gasteiger partial charge on any atom is -0.478 e. The molecule has 1 aliphatic heterocycles. The van der Waals surface area contributed by atoms with Crippen LogP contribution in [-0.2, 0) is 11.3 Å². The minimum atomic E-state index is -0.955. The Bertz CT molecular complexity index is 401. The van der Waals surface area contributed by atoms with E-state index in [0.29, 0.717) is 25.0 Å². The molecule has 0 saturated carbocycles. The Morgan fingerprint density at radius 2 is 2.35 bits per heavy atom. The first-order valence-corrected chi connectivity index (χ1v) is 5.72. The van der Waals surface area contributed by atoms with Crippen molar-refractivity contribution in [2.24, 2.45) is 0 Å². The number of nitrogens with zero attached hydrogens (tertiary/aromatic N) is 1. The maximum absolute atomic E-state index is 10.7. The van der Waals surface area contributed by atoms with Crippen molar-refractivity contribution in [1.82, 2.24) is 4.90 Å². The van der Waals surface area contributed by atoms with Gasteiger partial charge in [0.25, 0.3) is 0 Å². The molecule has 0 amide bonds. The molecule has 2 atom stereocenters. The van der Waals surface area contributed by atoms with Crippen molar-refractivity contribution in [3.63, 3.8) is 0 Å². The SMILES string of the molecule is CC1CN(Cc2cc(C(=O)O)co2)C(C)CO1. The van der Waals surface area contributed by atoms with Crippen molar-refractivity contribution < 1.29 is 19.1 Å². The number of ether oxygens (including phenoxy) is 1. The van der Waals surface area contributed by atoms with Crippen LogP contribution in [0, 0.1) is 0 Å². The molecular weight excluding hydrogens is 222 g/mol. The van der Waals surface area contributed by atoms with Crippen LogP contribution in [-0.4, -0.2) is 41.3 Å². The topological polar surface area (TPSA) is 62.9 Å². The number of hydrogen-bond donors (Lipinski definition) is 1. The molecule has 0 aromatic carbocycles. The predicted molar refractivity (Wildman–Crippen MR) is 61.0 cm³/mol. The third-order valence-corrected chi connectivity index (χ3v) is 3.00. The molecule has 1 fully saturated rings. The van der Waals surface area contributed by atoms with E-state index in [1.54, 1.807) is 6.07 Å². The first-order valence-electron chi connectivity index (χ1n) is 5.72. The van der Waals surface area contributed by atoms with Gasteiger partial charge in [-0.2, -0.15) is 0 Å². The molecule has 17 heavy (non-hydrogen) atoms. The van der Waals surface area contributed by atoms with E-state index in [4.69, 9.17) is 14.3 Å². The highest BCUT2D eigenvalue weighted by atomic mass is 16.5. The molecule has 1 aliphatic rings. The predicted octanol–water partition coefficient (Wildman–Crippen LogP) is 1.59. The summed E-state index contributed by atoms with van der Waals surface area (Å²) in [7, 11) is 0. The van der Waals surface area contributed by atoms with Gasteiger partial charge in [0.05, 0.1) is 24.8 Å². The van der Waals surface area contributed by atoms with Crippen LogP contribution in [0.1, 0.15) is 30.0 Å². The fraction of sp³-hybridized carbons (Fsp3) is 0.583. The first kappa shape index (κ1) is 12.1. The molecule has 1 N–H and O–H groups in total. The van der Waals surface area contributed by atoms with Crippen molar-refractivity contribution in [3.05, 3.63) is 23.7 Å². The molecule has 1 saturated heterocycles. The van der Waals surface area contributed by atoms with Gasteiger partial charge in [0.2, 0.25) is 0 Å². The second kappa shape index (κ2) is 4.89. The van der Waals surface area contributed by atoms with Crippen molar-refractivity contribution in [1.29, 1.82) is 0 Å². The largest absolute Gasteiger partial charge is 0.478 e. The first-order chi connectivity index (χ1) is 8.06. The van der Waals surface area contributed by atoms with Crippen LogP contribution < -0.4 is 0 Å². The lowest BCUT2D eigenvalue weighted by molar-refractivity contribution is -0.0545. The number of furan rings is 1. The summed E-state index contributed by atoms with van der Waals surface area (Å²) in [6.07, 6.45) is 1.49. The molecule has 2 rings (SSSR count). The van der Waals surface area contributed by atoms with Gasteiger partial charge in [0.1, 0.15) is 12.0 Å². The highest BCUT2D eigenvalue weighted by Gasteiger charge is 2.24. The Kier molecular flexibility index (Phi) is 3.49. The Morgan fingerprint density at radius 3 is 3.00 bits per heavy atom. The summed E-state index contributed by atoms with van der Waals surface area (Å²) in [6, 6.07) is 1.90. The lowest BCUT2D eigenvalue weighted by atomic mass is 10.2. The van der Waals surface area contributed by atoms with E-state index < -0.39 is 5.97 Å². The number of carboxylic acid groups (broad SMARTS) is 1. The molecule has 5 nitrogen and oxygen atoms in total. The van der Waals surface area contributed by atoms with Crippen molar-refractivity contribution in [2.45, 2.75) is 32.5 Å². The van der Waals surface area contributed by atoms with Gasteiger partial charge in [0.15, 0.2) is 0 Å². The van der Waals surface area contributed by atoms with Gasteiger partial charge >= 0.3 is 5.97 Å². The van der Waals surface area contributed by atoms with Gasteiger partial charge in [-0.25, -0.2) is 4.79 Å². The number of hydrogen-bond acceptors (Lipinski definition) is 4. The third kappa shape index (κ3) is 2.87. The molecule has 5 heteroatoms. The summed E-state index contributed by atoms with van der Waals surface area (Å²) in [4.78, 5) is 13.0. The van der Waals surface area contributed by atoms with Gasteiger partial charge in [-0.3, -0.25) is 4.90 Å². The standard InChI is InChI=1S/C12H17NO4/c1-8-6-16-9(2)4-13(8)5-11-3-10(7-17-11)12(14)15/h3,7-9H,4-6H2,1-2H3,(H,14,15). The van der Waals surface area contributed by atoms with Gasteiger partial charge < -0.3 is 14.3 Å². The smallest absolute Gasteiger partial charge is 0.338 e. The van der Waals surface area contributed by atoms with Gasteiger partial charge in [-0.05, 0) is 19.9 Å². The monoisotopic (exact) mass is 239 g/mol. The molecule has 0 radical (unpaired) electrons. The van der Waals surface area contributed by atoms with Crippen molar-refractivity contribution in [2.75, 3.05) is 13.2 Å². The maximum atomic E-state index is 10.7. The summed E-state index contributed by atoms with van der Waals surface area (Å²) < 4.78 is 10.8. The van der Waals surface area contributed by atoms with Gasteiger partial charge in [0, 0.05) is 12.6 Å². The summed E-state index contributed by atoms with van der Waals surface area (Å²) in [5, 5.41) is 8.80. The van der Waals surface area contributed by atoms with Crippen molar-refractivity contribution >= 4 is 5.97 Å². The molecule has 0 bridgehead atoms. The molecule has 1 aromatic rings. The Balaban J connectivity index is 2.01. The summed E-state index contributed by atoms with van der Waals surface area (Å²) in [5.41, 5.74) is 0.203. The van der Waals surface area contributed by atoms with E-state index in [1.165, 1.54) is 6.26 Å². The number of carboxylic acids is 1. The second-order valence-electron chi connectivity index (χ2n) is 4.53. The summed E-state index contributed by atoms with van der Waals surface area (Å²) in [5.74, 6) is -0.272. The maximum Gasteiger partial charge on any atom is 0.338 e. The summed E-state index contributed by atoms with van der Waals surface area (Å²) >= 11 is 0. The summed E-state index contributed by atoms with van der Waals surface area (Å²) in [6.45, 7) is 6.29. The molecule has 1 aromatic heterocycles. The number of morpholine rings is 1. The highest BCUT2D eigenvalue weighted by Crippen LogP contribution is 2.17. The van der Waals surface area contributed by atoms with E-state index in [9.17, 15) is 4.79 Å². The highest BCUT2D eigenvalue weighted by molar-refractivity contribution is 5.87. The normalized spacial score (nSPS) is 26.0. The van der Waals surface area contributed by atoms with Gasteiger partial charge in [-0.1, -0.05) is 0 Å².